The van der Waals surface area contributed by atoms with Crippen molar-refractivity contribution >= 4 is 23.4 Å². The lowest BCUT2D eigenvalue weighted by Crippen LogP contribution is -2.39. The van der Waals surface area contributed by atoms with Crippen LogP contribution in [0.1, 0.15) is 12.5 Å². The lowest BCUT2D eigenvalue weighted by atomic mass is 10.2. The summed E-state index contributed by atoms with van der Waals surface area (Å²) < 4.78 is 4.69. The number of nitrogens with one attached hydrogen (secondary N) is 2. The number of rotatable bonds is 3. The van der Waals surface area contributed by atoms with Gasteiger partial charge in [0.2, 0.25) is 0 Å². The molecule has 0 atom stereocenters. The summed E-state index contributed by atoms with van der Waals surface area (Å²) in [4.78, 5) is 11.0. The molecule has 0 aliphatic rings. The molecule has 0 heterocycles. The van der Waals surface area contributed by atoms with E-state index in [0.29, 0.717) is 13.2 Å². The fourth-order valence-corrected chi connectivity index (χ4v) is 1.24. The number of hydrogen-bond donors (Lipinski definition) is 2. The second-order valence-electron chi connectivity index (χ2n) is 3.01. The smallest absolute Gasteiger partial charge is 0.413 e. The van der Waals surface area contributed by atoms with E-state index in [1.165, 1.54) is 0 Å². The third-order valence-electron chi connectivity index (χ3n) is 1.79. The monoisotopic (exact) mass is 238 g/mol. The number of ether oxygens (including phenoxy) is 1. The summed E-state index contributed by atoms with van der Waals surface area (Å²) in [5.41, 5.74) is 1.09. The van der Waals surface area contributed by atoms with Gasteiger partial charge in [0.05, 0.1) is 6.61 Å². The second-order valence-corrected chi connectivity index (χ2v) is 3.42. The van der Waals surface area contributed by atoms with Crippen LogP contribution in [0.15, 0.2) is 30.3 Å². The lowest BCUT2D eigenvalue weighted by Gasteiger charge is -2.09. The highest BCUT2D eigenvalue weighted by Gasteiger charge is 2.03. The molecular formula is C11H14N2O2S. The van der Waals surface area contributed by atoms with Gasteiger partial charge in [0, 0.05) is 6.54 Å². The van der Waals surface area contributed by atoms with Crippen molar-refractivity contribution in [3.63, 3.8) is 0 Å². The van der Waals surface area contributed by atoms with Gasteiger partial charge in [-0.1, -0.05) is 30.3 Å². The van der Waals surface area contributed by atoms with E-state index >= 15 is 0 Å². The Bertz CT molecular complexity index is 354. The maximum Gasteiger partial charge on any atom is 0.413 e. The van der Waals surface area contributed by atoms with Crippen molar-refractivity contribution in [2.75, 3.05) is 6.61 Å². The topological polar surface area (TPSA) is 50.4 Å². The predicted octanol–water partition coefficient (Wildman–Crippen LogP) is 1.81. The molecule has 1 rings (SSSR count). The van der Waals surface area contributed by atoms with Crippen molar-refractivity contribution in [2.24, 2.45) is 0 Å². The van der Waals surface area contributed by atoms with Crippen LogP contribution < -0.4 is 10.6 Å². The van der Waals surface area contributed by atoms with Gasteiger partial charge in [-0.05, 0) is 24.7 Å². The number of thiocarbonyl (C=S) groups is 1. The summed E-state index contributed by atoms with van der Waals surface area (Å²) in [6, 6.07) is 9.77. The number of carbonyl (C=O) groups is 1. The molecule has 0 aliphatic heterocycles. The van der Waals surface area contributed by atoms with Crippen molar-refractivity contribution in [1.29, 1.82) is 0 Å². The molecule has 0 saturated carbocycles. The third kappa shape index (κ3) is 4.75. The molecule has 0 radical (unpaired) electrons. The summed E-state index contributed by atoms with van der Waals surface area (Å²) in [5.74, 6) is 0. The summed E-state index contributed by atoms with van der Waals surface area (Å²) >= 11 is 4.92. The summed E-state index contributed by atoms with van der Waals surface area (Å²) in [6.07, 6.45) is -0.534. The molecule has 0 unspecified atom stereocenters. The number of alkyl carbamates (subject to hydrolysis) is 1. The van der Waals surface area contributed by atoms with Gasteiger partial charge in [-0.2, -0.15) is 0 Å². The van der Waals surface area contributed by atoms with Crippen LogP contribution in [0, 0.1) is 0 Å². The summed E-state index contributed by atoms with van der Waals surface area (Å²) in [6.45, 7) is 2.64. The van der Waals surface area contributed by atoms with Crippen LogP contribution >= 0.6 is 12.2 Å². The molecule has 0 fully saturated rings. The maximum absolute atomic E-state index is 11.0. The minimum absolute atomic E-state index is 0.266. The number of benzene rings is 1. The zero-order valence-corrected chi connectivity index (χ0v) is 9.84. The van der Waals surface area contributed by atoms with Crippen LogP contribution in [-0.4, -0.2) is 17.8 Å². The highest BCUT2D eigenvalue weighted by Crippen LogP contribution is 1.96. The van der Waals surface area contributed by atoms with Crippen LogP contribution in [0.5, 0.6) is 0 Å². The first-order chi connectivity index (χ1) is 7.72. The molecule has 16 heavy (non-hydrogen) atoms. The van der Waals surface area contributed by atoms with Crippen LogP contribution in [0.4, 0.5) is 4.79 Å². The standard InChI is InChI=1S/C11H14N2O2S/c1-2-15-11(14)13-10(16)12-8-9-6-4-3-5-7-9/h3-7H,2,8H2,1H3,(H2,12,13,14,16). The predicted molar refractivity (Wildman–Crippen MR) is 66.0 cm³/mol. The van der Waals surface area contributed by atoms with Crippen molar-refractivity contribution in [3.8, 4) is 0 Å². The van der Waals surface area contributed by atoms with Crippen LogP contribution in [0.2, 0.25) is 0 Å². The van der Waals surface area contributed by atoms with E-state index in [1.807, 2.05) is 30.3 Å². The van der Waals surface area contributed by atoms with E-state index in [-0.39, 0.29) is 5.11 Å². The van der Waals surface area contributed by atoms with Gasteiger partial charge in [-0.15, -0.1) is 0 Å². The Morgan fingerprint density at radius 2 is 2.06 bits per heavy atom. The summed E-state index contributed by atoms with van der Waals surface area (Å²) in [5, 5.41) is 5.58. The molecule has 0 aromatic heterocycles. The minimum Gasteiger partial charge on any atom is -0.450 e. The average molecular weight is 238 g/mol. The van der Waals surface area contributed by atoms with Crippen molar-refractivity contribution < 1.29 is 9.53 Å². The fraction of sp³-hybridized carbons (Fsp3) is 0.273. The molecule has 1 aromatic rings. The summed E-state index contributed by atoms with van der Waals surface area (Å²) in [7, 11) is 0. The fourth-order valence-electron chi connectivity index (χ4n) is 1.08. The Labute approximate surface area is 100.0 Å². The maximum atomic E-state index is 11.0. The molecule has 0 spiro atoms. The number of carbonyl (C=O) groups excluding carboxylic acids is 1. The quantitative estimate of drug-likeness (QED) is 0.788. The Hall–Kier alpha value is -1.62. The van der Waals surface area contributed by atoms with Crippen LogP contribution in [0.25, 0.3) is 0 Å². The molecule has 4 nitrogen and oxygen atoms in total. The molecule has 2 N–H and O–H groups in total. The van der Waals surface area contributed by atoms with Gasteiger partial charge in [0.1, 0.15) is 0 Å². The van der Waals surface area contributed by atoms with Gasteiger partial charge in [-0.25, -0.2) is 4.79 Å². The number of amides is 1. The molecule has 1 amide bonds. The van der Waals surface area contributed by atoms with E-state index in [1.54, 1.807) is 6.92 Å². The van der Waals surface area contributed by atoms with Crippen LogP contribution in [0.3, 0.4) is 0 Å². The largest absolute Gasteiger partial charge is 0.450 e. The van der Waals surface area contributed by atoms with Gasteiger partial charge in [0.25, 0.3) is 0 Å². The normalized spacial score (nSPS) is 9.31. The van der Waals surface area contributed by atoms with Crippen molar-refractivity contribution in [2.45, 2.75) is 13.5 Å². The van der Waals surface area contributed by atoms with E-state index in [2.05, 4.69) is 15.4 Å². The third-order valence-corrected chi connectivity index (χ3v) is 2.03. The lowest BCUT2D eigenvalue weighted by molar-refractivity contribution is 0.157. The Balaban J connectivity index is 2.28. The molecule has 86 valence electrons. The molecule has 5 heteroatoms. The van der Waals surface area contributed by atoms with Gasteiger partial charge in [-0.3, -0.25) is 5.32 Å². The van der Waals surface area contributed by atoms with E-state index < -0.39 is 6.09 Å². The van der Waals surface area contributed by atoms with E-state index in [4.69, 9.17) is 12.2 Å². The van der Waals surface area contributed by atoms with Crippen LogP contribution in [-0.2, 0) is 11.3 Å². The van der Waals surface area contributed by atoms with Gasteiger partial charge < -0.3 is 10.1 Å². The highest BCUT2D eigenvalue weighted by molar-refractivity contribution is 7.80. The molecule has 1 aromatic carbocycles. The second kappa shape index (κ2) is 6.79. The number of hydrogen-bond acceptors (Lipinski definition) is 3. The first-order valence-electron chi connectivity index (χ1n) is 4.98. The average Bonchev–Trinajstić information content (AvgIpc) is 2.28. The SMILES string of the molecule is CCOC(=O)NC(=S)NCc1ccccc1. The Morgan fingerprint density at radius 3 is 2.69 bits per heavy atom. The Morgan fingerprint density at radius 1 is 1.38 bits per heavy atom. The van der Waals surface area contributed by atoms with Crippen molar-refractivity contribution in [1.82, 2.24) is 10.6 Å². The zero-order valence-electron chi connectivity index (χ0n) is 9.03. The zero-order chi connectivity index (χ0) is 11.8. The molecular weight excluding hydrogens is 224 g/mol. The Kier molecular flexibility index (Phi) is 5.28. The van der Waals surface area contributed by atoms with Crippen molar-refractivity contribution in [3.05, 3.63) is 35.9 Å². The van der Waals surface area contributed by atoms with Gasteiger partial charge in [0.15, 0.2) is 5.11 Å². The highest BCUT2D eigenvalue weighted by atomic mass is 32.1. The molecule has 0 aliphatic carbocycles. The van der Waals surface area contributed by atoms with Gasteiger partial charge >= 0.3 is 6.09 Å². The molecule has 0 bridgehead atoms. The van der Waals surface area contributed by atoms with E-state index in [0.717, 1.165) is 5.56 Å². The van der Waals surface area contributed by atoms with E-state index in [9.17, 15) is 4.79 Å². The first-order valence-corrected chi connectivity index (χ1v) is 5.38. The molecule has 0 saturated heterocycles. The minimum atomic E-state index is -0.534. The first kappa shape index (κ1) is 12.4.